The van der Waals surface area contributed by atoms with Crippen LogP contribution in [0.5, 0.6) is 0 Å². The average Bonchev–Trinajstić information content (AvgIpc) is 3.26. The highest BCUT2D eigenvalue weighted by Crippen LogP contribution is 2.42. The van der Waals surface area contributed by atoms with Crippen LogP contribution in [0.4, 0.5) is 5.69 Å². The maximum Gasteiger partial charge on any atom is 0.228 e. The van der Waals surface area contributed by atoms with Crippen LogP contribution in [0.3, 0.4) is 0 Å². The standard InChI is InChI=1S/C16H20N2O3S/c19-14-7-16(11-18(14)13-2-6-22-9-13)3-4-17(10-16)15(20)12-1-5-21-8-12/h2,6,9,12H,1,3-5,7-8,10-11H2. The van der Waals surface area contributed by atoms with Crippen LogP contribution in [0.15, 0.2) is 16.8 Å². The quantitative estimate of drug-likeness (QED) is 0.834. The van der Waals surface area contributed by atoms with Gasteiger partial charge in [-0.05, 0) is 24.3 Å². The zero-order valence-electron chi connectivity index (χ0n) is 12.5. The van der Waals surface area contributed by atoms with Crippen LogP contribution < -0.4 is 4.90 Å². The van der Waals surface area contributed by atoms with Gasteiger partial charge in [-0.1, -0.05) is 0 Å². The van der Waals surface area contributed by atoms with Crippen molar-refractivity contribution in [3.8, 4) is 0 Å². The predicted octanol–water partition coefficient (Wildman–Crippen LogP) is 1.74. The van der Waals surface area contributed by atoms with Crippen molar-refractivity contribution in [2.45, 2.75) is 19.3 Å². The highest BCUT2D eigenvalue weighted by atomic mass is 32.1. The van der Waals surface area contributed by atoms with Gasteiger partial charge in [0, 0.05) is 43.5 Å². The van der Waals surface area contributed by atoms with Crippen molar-refractivity contribution in [3.63, 3.8) is 0 Å². The van der Waals surface area contributed by atoms with Crippen molar-refractivity contribution in [2.24, 2.45) is 11.3 Å². The third kappa shape index (κ3) is 2.34. The van der Waals surface area contributed by atoms with Crippen molar-refractivity contribution in [3.05, 3.63) is 16.8 Å². The molecule has 4 heterocycles. The van der Waals surface area contributed by atoms with Gasteiger partial charge < -0.3 is 14.5 Å². The molecule has 0 saturated carbocycles. The monoisotopic (exact) mass is 320 g/mol. The summed E-state index contributed by atoms with van der Waals surface area (Å²) in [6.45, 7) is 3.49. The summed E-state index contributed by atoms with van der Waals surface area (Å²) in [5, 5.41) is 4.02. The summed E-state index contributed by atoms with van der Waals surface area (Å²) >= 11 is 1.61. The number of anilines is 1. The van der Waals surface area contributed by atoms with Crippen LogP contribution in [0.2, 0.25) is 0 Å². The molecule has 0 bridgehead atoms. The lowest BCUT2D eigenvalue weighted by Crippen LogP contribution is -2.37. The fourth-order valence-electron chi connectivity index (χ4n) is 3.93. The molecule has 3 fully saturated rings. The minimum Gasteiger partial charge on any atom is -0.381 e. The number of hydrogen-bond acceptors (Lipinski definition) is 4. The van der Waals surface area contributed by atoms with E-state index in [0.717, 1.165) is 31.6 Å². The molecule has 6 heteroatoms. The summed E-state index contributed by atoms with van der Waals surface area (Å²) in [6, 6.07) is 2.00. The molecule has 0 N–H and O–H groups in total. The second-order valence-electron chi connectivity index (χ2n) is 6.71. The first-order valence-corrected chi connectivity index (χ1v) is 8.80. The zero-order chi connectivity index (χ0) is 15.2. The van der Waals surface area contributed by atoms with E-state index < -0.39 is 0 Å². The molecule has 1 aromatic heterocycles. The number of rotatable bonds is 2. The summed E-state index contributed by atoms with van der Waals surface area (Å²) in [7, 11) is 0. The first-order valence-electron chi connectivity index (χ1n) is 7.86. The number of ether oxygens (including phenoxy) is 1. The fraction of sp³-hybridized carbons (Fsp3) is 0.625. The summed E-state index contributed by atoms with van der Waals surface area (Å²) in [6.07, 6.45) is 2.33. The van der Waals surface area contributed by atoms with Gasteiger partial charge in [-0.3, -0.25) is 9.59 Å². The Kier molecular flexibility index (Phi) is 3.46. The molecular weight excluding hydrogens is 300 g/mol. The first-order chi connectivity index (χ1) is 10.7. The molecule has 5 nitrogen and oxygen atoms in total. The van der Waals surface area contributed by atoms with E-state index >= 15 is 0 Å². The second kappa shape index (κ2) is 5.35. The summed E-state index contributed by atoms with van der Waals surface area (Å²) in [5.41, 5.74) is 0.953. The molecule has 1 spiro atoms. The molecule has 3 aliphatic heterocycles. The van der Waals surface area contributed by atoms with Crippen LogP contribution in [0, 0.1) is 11.3 Å². The van der Waals surface area contributed by atoms with Crippen molar-refractivity contribution < 1.29 is 14.3 Å². The molecule has 0 aromatic carbocycles. The Balaban J connectivity index is 1.46. The number of hydrogen-bond donors (Lipinski definition) is 0. The normalized spacial score (nSPS) is 31.6. The molecule has 22 heavy (non-hydrogen) atoms. The van der Waals surface area contributed by atoms with E-state index in [4.69, 9.17) is 4.74 Å². The number of thiophene rings is 1. The molecule has 2 unspecified atom stereocenters. The largest absolute Gasteiger partial charge is 0.381 e. The lowest BCUT2D eigenvalue weighted by atomic mass is 9.86. The van der Waals surface area contributed by atoms with Crippen LogP contribution >= 0.6 is 11.3 Å². The van der Waals surface area contributed by atoms with Gasteiger partial charge in [0.2, 0.25) is 11.8 Å². The van der Waals surface area contributed by atoms with Gasteiger partial charge in [-0.25, -0.2) is 0 Å². The van der Waals surface area contributed by atoms with E-state index in [2.05, 4.69) is 0 Å². The molecule has 0 aliphatic carbocycles. The zero-order valence-corrected chi connectivity index (χ0v) is 13.3. The summed E-state index contributed by atoms with van der Waals surface area (Å²) < 4.78 is 5.33. The van der Waals surface area contributed by atoms with Gasteiger partial charge in [0.25, 0.3) is 0 Å². The number of likely N-dealkylation sites (tertiary alicyclic amines) is 1. The van der Waals surface area contributed by atoms with E-state index in [1.807, 2.05) is 26.6 Å². The second-order valence-corrected chi connectivity index (χ2v) is 7.49. The minimum atomic E-state index is -0.0475. The Hall–Kier alpha value is -1.40. The van der Waals surface area contributed by atoms with E-state index in [9.17, 15) is 9.59 Å². The molecule has 4 rings (SSSR count). The van der Waals surface area contributed by atoms with Crippen molar-refractivity contribution >= 4 is 28.8 Å². The number of nitrogens with zero attached hydrogens (tertiary/aromatic N) is 2. The Morgan fingerprint density at radius 2 is 2.32 bits per heavy atom. The van der Waals surface area contributed by atoms with E-state index in [-0.39, 0.29) is 23.1 Å². The highest BCUT2D eigenvalue weighted by molar-refractivity contribution is 7.08. The minimum absolute atomic E-state index is 0.0280. The number of carbonyl (C=O) groups excluding carboxylic acids is 2. The van der Waals surface area contributed by atoms with Gasteiger partial charge in [-0.2, -0.15) is 11.3 Å². The third-order valence-electron chi connectivity index (χ3n) is 5.17. The van der Waals surface area contributed by atoms with Crippen molar-refractivity contribution in [2.75, 3.05) is 37.7 Å². The Morgan fingerprint density at radius 1 is 1.41 bits per heavy atom. The van der Waals surface area contributed by atoms with Gasteiger partial charge in [-0.15, -0.1) is 0 Å². The van der Waals surface area contributed by atoms with Gasteiger partial charge in [0.15, 0.2) is 0 Å². The fourth-order valence-corrected chi connectivity index (χ4v) is 4.57. The molecule has 2 atom stereocenters. The van der Waals surface area contributed by atoms with Gasteiger partial charge in [0.05, 0.1) is 18.2 Å². The maximum atomic E-state index is 12.5. The molecule has 0 radical (unpaired) electrons. The Labute approximate surface area is 133 Å². The topological polar surface area (TPSA) is 49.9 Å². The summed E-state index contributed by atoms with van der Waals surface area (Å²) in [4.78, 5) is 28.8. The molecule has 118 valence electrons. The van der Waals surface area contributed by atoms with Crippen LogP contribution in [-0.4, -0.2) is 49.6 Å². The molecule has 3 saturated heterocycles. The number of carbonyl (C=O) groups is 2. The van der Waals surface area contributed by atoms with Crippen LogP contribution in [-0.2, 0) is 14.3 Å². The van der Waals surface area contributed by atoms with Gasteiger partial charge >= 0.3 is 0 Å². The van der Waals surface area contributed by atoms with E-state index in [1.165, 1.54) is 0 Å². The van der Waals surface area contributed by atoms with Gasteiger partial charge in [0.1, 0.15) is 0 Å². The third-order valence-corrected chi connectivity index (χ3v) is 5.84. The van der Waals surface area contributed by atoms with Crippen molar-refractivity contribution in [1.29, 1.82) is 0 Å². The SMILES string of the molecule is O=C(C1CCOC1)N1CCC2(CC(=O)N(c3ccsc3)C2)C1. The van der Waals surface area contributed by atoms with Crippen LogP contribution in [0.1, 0.15) is 19.3 Å². The lowest BCUT2D eigenvalue weighted by Gasteiger charge is -2.25. The predicted molar refractivity (Wildman–Crippen MR) is 83.8 cm³/mol. The molecule has 2 amide bonds. The van der Waals surface area contributed by atoms with Crippen LogP contribution in [0.25, 0.3) is 0 Å². The molecule has 1 aromatic rings. The Bertz CT molecular complexity index is 582. The van der Waals surface area contributed by atoms with E-state index in [0.29, 0.717) is 26.2 Å². The highest BCUT2D eigenvalue weighted by Gasteiger charge is 2.49. The summed E-state index contributed by atoms with van der Waals surface area (Å²) in [5.74, 6) is 0.438. The average molecular weight is 320 g/mol. The smallest absolute Gasteiger partial charge is 0.228 e. The number of amides is 2. The Morgan fingerprint density at radius 3 is 3.05 bits per heavy atom. The van der Waals surface area contributed by atoms with E-state index in [1.54, 1.807) is 11.3 Å². The van der Waals surface area contributed by atoms with Crippen molar-refractivity contribution in [1.82, 2.24) is 4.90 Å². The lowest BCUT2D eigenvalue weighted by molar-refractivity contribution is -0.135. The first kappa shape index (κ1) is 14.2. The molecule has 3 aliphatic rings. The molecular formula is C16H20N2O3S. The maximum absolute atomic E-state index is 12.5.